The van der Waals surface area contributed by atoms with Gasteiger partial charge in [-0.3, -0.25) is 9.69 Å². The molecule has 1 aromatic heterocycles. The van der Waals surface area contributed by atoms with Gasteiger partial charge in [-0.15, -0.1) is 11.8 Å². The van der Waals surface area contributed by atoms with Gasteiger partial charge in [0.25, 0.3) is 0 Å². The second-order valence-corrected chi connectivity index (χ2v) is 10.7. The lowest BCUT2D eigenvalue weighted by Gasteiger charge is -2.34. The van der Waals surface area contributed by atoms with Crippen molar-refractivity contribution in [2.45, 2.75) is 11.3 Å². The minimum Gasteiger partial charge on any atom is -0.493 e. The summed E-state index contributed by atoms with van der Waals surface area (Å²) in [6.45, 7) is 5.21. The molecule has 0 radical (unpaired) electrons. The standard InChI is InChI=1S/C23H26Cl2N4O2S2/c1-31-22-18(25)6-7-19-21(22)27-23(33-19)29-13-11-28(12-14-29)10-9-26-20(30)8-15-32-17-4-2-16(24)3-5-17/h2-7H,8-15H2,1H3,(H,26,30). The van der Waals surface area contributed by atoms with Crippen molar-refractivity contribution < 1.29 is 9.53 Å². The number of fused-ring (bicyclic) bond motifs is 1. The Morgan fingerprint density at radius 3 is 2.64 bits per heavy atom. The van der Waals surface area contributed by atoms with Crippen LogP contribution in [0.1, 0.15) is 6.42 Å². The van der Waals surface area contributed by atoms with Crippen LogP contribution in [0.15, 0.2) is 41.3 Å². The average molecular weight is 526 g/mol. The zero-order valence-corrected chi connectivity index (χ0v) is 21.5. The molecule has 4 rings (SSSR count). The summed E-state index contributed by atoms with van der Waals surface area (Å²) >= 11 is 15.5. The number of nitrogens with one attached hydrogen (secondary N) is 1. The minimum atomic E-state index is 0.0946. The highest BCUT2D eigenvalue weighted by Gasteiger charge is 2.21. The van der Waals surface area contributed by atoms with E-state index in [1.807, 2.05) is 36.4 Å². The number of thioether (sulfide) groups is 1. The van der Waals surface area contributed by atoms with Crippen LogP contribution in [0.25, 0.3) is 10.2 Å². The second kappa shape index (κ2) is 11.6. The van der Waals surface area contributed by atoms with Gasteiger partial charge in [-0.1, -0.05) is 34.5 Å². The predicted molar refractivity (Wildman–Crippen MR) is 140 cm³/mol. The minimum absolute atomic E-state index is 0.0946. The predicted octanol–water partition coefficient (Wildman–Crippen LogP) is 5.03. The first-order valence-corrected chi connectivity index (χ1v) is 13.3. The summed E-state index contributed by atoms with van der Waals surface area (Å²) in [5.74, 6) is 1.49. The van der Waals surface area contributed by atoms with Crippen LogP contribution in [0.4, 0.5) is 5.13 Å². The molecular weight excluding hydrogens is 499 g/mol. The number of halogens is 2. The summed E-state index contributed by atoms with van der Waals surface area (Å²) < 4.78 is 6.51. The van der Waals surface area contributed by atoms with Gasteiger partial charge in [-0.2, -0.15) is 0 Å². The Balaban J connectivity index is 1.16. The molecule has 2 aromatic carbocycles. The number of piperazine rings is 1. The van der Waals surface area contributed by atoms with E-state index in [4.69, 9.17) is 32.9 Å². The highest BCUT2D eigenvalue weighted by Crippen LogP contribution is 2.38. The number of hydrogen-bond donors (Lipinski definition) is 1. The molecule has 0 unspecified atom stereocenters. The van der Waals surface area contributed by atoms with Gasteiger partial charge in [0.2, 0.25) is 5.91 Å². The number of methoxy groups -OCH3 is 1. The quantitative estimate of drug-likeness (QED) is 0.396. The first-order chi connectivity index (χ1) is 16.0. The van der Waals surface area contributed by atoms with Crippen molar-refractivity contribution in [1.29, 1.82) is 0 Å². The number of amides is 1. The van der Waals surface area contributed by atoms with Gasteiger partial charge in [0, 0.05) is 61.4 Å². The van der Waals surface area contributed by atoms with Gasteiger partial charge >= 0.3 is 0 Å². The third-order valence-electron chi connectivity index (χ3n) is 5.46. The number of rotatable bonds is 9. The van der Waals surface area contributed by atoms with Crippen LogP contribution in [0.5, 0.6) is 5.75 Å². The molecule has 10 heteroatoms. The van der Waals surface area contributed by atoms with Gasteiger partial charge in [0.15, 0.2) is 10.9 Å². The first-order valence-electron chi connectivity index (χ1n) is 10.8. The van der Waals surface area contributed by atoms with E-state index in [-0.39, 0.29) is 5.91 Å². The summed E-state index contributed by atoms with van der Waals surface area (Å²) in [6.07, 6.45) is 0.506. The average Bonchev–Trinajstić information content (AvgIpc) is 3.25. The molecule has 0 atom stereocenters. The highest BCUT2D eigenvalue weighted by atomic mass is 35.5. The number of anilines is 1. The Labute approximate surface area is 212 Å². The molecule has 0 saturated carbocycles. The molecule has 0 aliphatic carbocycles. The molecule has 2 heterocycles. The molecule has 1 N–H and O–H groups in total. The van der Waals surface area contributed by atoms with E-state index in [9.17, 15) is 4.79 Å². The fourth-order valence-electron chi connectivity index (χ4n) is 3.66. The third kappa shape index (κ3) is 6.45. The monoisotopic (exact) mass is 524 g/mol. The fourth-order valence-corrected chi connectivity index (χ4v) is 5.88. The molecule has 1 saturated heterocycles. The van der Waals surface area contributed by atoms with E-state index in [0.29, 0.717) is 23.7 Å². The van der Waals surface area contributed by atoms with Crippen LogP contribution < -0.4 is 15.0 Å². The number of ether oxygens (including phenoxy) is 1. The van der Waals surface area contributed by atoms with Crippen molar-refractivity contribution in [3.8, 4) is 5.75 Å². The fraction of sp³-hybridized carbons (Fsp3) is 0.391. The summed E-state index contributed by atoms with van der Waals surface area (Å²) in [5.41, 5.74) is 0.823. The number of carbonyl (C=O) groups is 1. The van der Waals surface area contributed by atoms with Gasteiger partial charge in [0.1, 0.15) is 5.52 Å². The normalized spacial score (nSPS) is 14.6. The summed E-state index contributed by atoms with van der Waals surface area (Å²) in [6, 6.07) is 11.5. The van der Waals surface area contributed by atoms with Gasteiger partial charge in [-0.25, -0.2) is 4.98 Å². The molecule has 176 valence electrons. The number of carbonyl (C=O) groups excluding carboxylic acids is 1. The Kier molecular flexibility index (Phi) is 8.60. The zero-order valence-electron chi connectivity index (χ0n) is 18.4. The van der Waals surface area contributed by atoms with E-state index in [1.54, 1.807) is 30.2 Å². The number of nitrogens with zero attached hydrogens (tertiary/aromatic N) is 3. The SMILES string of the molecule is COc1c(Cl)ccc2sc(N3CCN(CCNC(=O)CCSc4ccc(Cl)cc4)CC3)nc12. The Morgan fingerprint density at radius 2 is 1.91 bits per heavy atom. The lowest BCUT2D eigenvalue weighted by molar-refractivity contribution is -0.120. The van der Waals surface area contributed by atoms with Crippen molar-refractivity contribution in [3.05, 3.63) is 46.4 Å². The molecule has 1 aliphatic rings. The third-order valence-corrected chi connectivity index (χ3v) is 8.11. The van der Waals surface area contributed by atoms with Crippen LogP contribution in [-0.4, -0.2) is 67.9 Å². The van der Waals surface area contributed by atoms with E-state index < -0.39 is 0 Å². The molecule has 0 bridgehead atoms. The summed E-state index contributed by atoms with van der Waals surface area (Å²) in [5, 5.41) is 5.34. The Bertz CT molecular complexity index is 1090. The molecule has 1 amide bonds. The van der Waals surface area contributed by atoms with Crippen molar-refractivity contribution in [1.82, 2.24) is 15.2 Å². The van der Waals surface area contributed by atoms with Crippen molar-refractivity contribution in [2.75, 3.05) is 57.0 Å². The van der Waals surface area contributed by atoms with E-state index >= 15 is 0 Å². The second-order valence-electron chi connectivity index (χ2n) is 7.65. The van der Waals surface area contributed by atoms with Crippen LogP contribution in [0.2, 0.25) is 10.0 Å². The van der Waals surface area contributed by atoms with Gasteiger partial charge in [-0.05, 0) is 36.4 Å². The number of hydrogen-bond acceptors (Lipinski definition) is 7. The molecule has 0 spiro atoms. The van der Waals surface area contributed by atoms with Crippen LogP contribution >= 0.6 is 46.3 Å². The van der Waals surface area contributed by atoms with E-state index in [1.165, 1.54) is 0 Å². The van der Waals surface area contributed by atoms with E-state index in [0.717, 1.165) is 63.7 Å². The largest absolute Gasteiger partial charge is 0.493 e. The number of thiazole rings is 1. The van der Waals surface area contributed by atoms with Crippen LogP contribution in [0.3, 0.4) is 0 Å². The lowest BCUT2D eigenvalue weighted by atomic mass is 10.3. The number of benzene rings is 2. The topological polar surface area (TPSA) is 57.7 Å². The maximum absolute atomic E-state index is 12.1. The zero-order chi connectivity index (χ0) is 23.2. The van der Waals surface area contributed by atoms with Gasteiger partial charge < -0.3 is 15.0 Å². The molecule has 3 aromatic rings. The highest BCUT2D eigenvalue weighted by molar-refractivity contribution is 7.99. The molecule has 1 fully saturated rings. The smallest absolute Gasteiger partial charge is 0.220 e. The maximum atomic E-state index is 12.1. The van der Waals surface area contributed by atoms with Crippen LogP contribution in [-0.2, 0) is 4.79 Å². The Morgan fingerprint density at radius 1 is 1.15 bits per heavy atom. The summed E-state index contributed by atoms with van der Waals surface area (Å²) in [4.78, 5) is 22.7. The molecule has 6 nitrogen and oxygen atoms in total. The van der Waals surface area contributed by atoms with Crippen molar-refractivity contribution >= 4 is 67.6 Å². The lowest BCUT2D eigenvalue weighted by Crippen LogP contribution is -2.48. The first kappa shape index (κ1) is 24.4. The maximum Gasteiger partial charge on any atom is 0.220 e. The van der Waals surface area contributed by atoms with Crippen LogP contribution in [0, 0.1) is 0 Å². The number of aromatic nitrogens is 1. The van der Waals surface area contributed by atoms with Gasteiger partial charge in [0.05, 0.1) is 16.8 Å². The summed E-state index contributed by atoms with van der Waals surface area (Å²) in [7, 11) is 1.62. The van der Waals surface area contributed by atoms with Crippen molar-refractivity contribution in [3.63, 3.8) is 0 Å². The van der Waals surface area contributed by atoms with Crippen molar-refractivity contribution in [2.24, 2.45) is 0 Å². The Hall–Kier alpha value is -1.71. The van der Waals surface area contributed by atoms with E-state index in [2.05, 4.69) is 15.1 Å². The molecule has 33 heavy (non-hydrogen) atoms. The molecule has 1 aliphatic heterocycles. The molecular formula is C23H26Cl2N4O2S2.